The van der Waals surface area contributed by atoms with E-state index >= 15 is 0 Å². The van der Waals surface area contributed by atoms with Gasteiger partial charge in [-0.15, -0.1) is 0 Å². The lowest BCUT2D eigenvalue weighted by Gasteiger charge is -2.33. The summed E-state index contributed by atoms with van der Waals surface area (Å²) in [6.45, 7) is 2.82. The number of aromatic amines is 1. The first-order valence-electron chi connectivity index (χ1n) is 9.12. The van der Waals surface area contributed by atoms with E-state index in [1.807, 2.05) is 30.6 Å². The molecule has 1 aliphatic rings. The molecule has 1 N–H and O–H groups in total. The first-order valence-corrected chi connectivity index (χ1v) is 9.92. The molecule has 0 amide bonds. The van der Waals surface area contributed by atoms with E-state index in [-0.39, 0.29) is 5.43 Å². The maximum Gasteiger partial charge on any atom is 0.190 e. The van der Waals surface area contributed by atoms with Gasteiger partial charge in [-0.25, -0.2) is 4.98 Å². The highest BCUT2D eigenvalue weighted by Crippen LogP contribution is 2.29. The third-order valence-corrected chi connectivity index (χ3v) is 5.85. The summed E-state index contributed by atoms with van der Waals surface area (Å²) < 4.78 is 8.68. The quantitative estimate of drug-likeness (QED) is 0.535. The predicted molar refractivity (Wildman–Crippen MR) is 108 cm³/mol. The second-order valence-corrected chi connectivity index (χ2v) is 7.84. The number of rotatable bonds is 3. The van der Waals surface area contributed by atoms with Crippen molar-refractivity contribution in [1.29, 1.82) is 0 Å². The Morgan fingerprint density at radius 3 is 2.81 bits per heavy atom. The summed E-state index contributed by atoms with van der Waals surface area (Å²) in [5, 5.41) is 1.69. The number of likely N-dealkylation sites (tertiary alicyclic amines) is 1. The average Bonchev–Trinajstić information content (AvgIpc) is 3.31. The zero-order chi connectivity index (χ0) is 18.4. The van der Waals surface area contributed by atoms with Crippen molar-refractivity contribution < 1.29 is 4.42 Å². The molecule has 0 aromatic carbocycles. The molecular formula is C20H19BrN4O2. The Bertz CT molecular complexity index is 1170. The fourth-order valence-electron chi connectivity index (χ4n) is 4.08. The second-order valence-electron chi connectivity index (χ2n) is 7.06. The van der Waals surface area contributed by atoms with Crippen molar-refractivity contribution in [1.82, 2.24) is 19.4 Å². The van der Waals surface area contributed by atoms with Crippen LogP contribution in [-0.2, 0) is 6.54 Å². The van der Waals surface area contributed by atoms with Gasteiger partial charge in [-0.1, -0.05) is 0 Å². The minimum atomic E-state index is 0.0256. The molecule has 0 atom stereocenters. The van der Waals surface area contributed by atoms with Crippen molar-refractivity contribution in [3.05, 3.63) is 63.5 Å². The highest BCUT2D eigenvalue weighted by molar-refractivity contribution is 9.10. The number of furan rings is 1. The van der Waals surface area contributed by atoms with Gasteiger partial charge in [0.05, 0.1) is 17.4 Å². The molecule has 1 fully saturated rings. The number of hydrogen-bond acceptors (Lipinski definition) is 4. The number of aromatic nitrogens is 3. The molecule has 5 heterocycles. The minimum absolute atomic E-state index is 0.0256. The number of fused-ring (bicyclic) bond motifs is 3. The van der Waals surface area contributed by atoms with E-state index in [0.29, 0.717) is 11.4 Å². The Morgan fingerprint density at radius 1 is 1.19 bits per heavy atom. The summed E-state index contributed by atoms with van der Waals surface area (Å²) in [7, 11) is 0. The van der Waals surface area contributed by atoms with Crippen molar-refractivity contribution in [3.63, 3.8) is 0 Å². The van der Waals surface area contributed by atoms with Gasteiger partial charge in [0.1, 0.15) is 11.4 Å². The molecule has 4 aromatic rings. The SMILES string of the molecule is O=c1ccn(C2CCN(Cc3ccc(Br)o3)CC2)c2c1cnc1[nH]ccc12. The molecule has 5 rings (SSSR count). The molecule has 1 aliphatic heterocycles. The van der Waals surface area contributed by atoms with Crippen molar-refractivity contribution >= 4 is 37.9 Å². The zero-order valence-corrected chi connectivity index (χ0v) is 16.3. The largest absolute Gasteiger partial charge is 0.453 e. The summed E-state index contributed by atoms with van der Waals surface area (Å²) in [6.07, 6.45) is 7.59. The monoisotopic (exact) mass is 426 g/mol. The number of piperidine rings is 1. The van der Waals surface area contributed by atoms with Crippen LogP contribution in [-0.4, -0.2) is 32.5 Å². The van der Waals surface area contributed by atoms with Crippen LogP contribution in [0.3, 0.4) is 0 Å². The van der Waals surface area contributed by atoms with Gasteiger partial charge in [-0.3, -0.25) is 9.69 Å². The third kappa shape index (κ3) is 3.00. The van der Waals surface area contributed by atoms with Crippen LogP contribution in [0.15, 0.2) is 56.7 Å². The Morgan fingerprint density at radius 2 is 2.04 bits per heavy atom. The van der Waals surface area contributed by atoms with Gasteiger partial charge < -0.3 is 14.0 Å². The fraction of sp³-hybridized carbons (Fsp3) is 0.300. The maximum atomic E-state index is 12.4. The summed E-state index contributed by atoms with van der Waals surface area (Å²) >= 11 is 3.36. The summed E-state index contributed by atoms with van der Waals surface area (Å²) in [4.78, 5) is 22.3. The van der Waals surface area contributed by atoms with Gasteiger partial charge in [0, 0.05) is 49.2 Å². The van der Waals surface area contributed by atoms with Crippen LogP contribution in [0, 0.1) is 0 Å². The Balaban J connectivity index is 1.44. The van der Waals surface area contributed by atoms with E-state index in [1.165, 1.54) is 0 Å². The second kappa shape index (κ2) is 6.65. The van der Waals surface area contributed by atoms with E-state index in [9.17, 15) is 4.79 Å². The van der Waals surface area contributed by atoms with Crippen LogP contribution >= 0.6 is 15.9 Å². The predicted octanol–water partition coefficient (Wildman–Crippen LogP) is 4.07. The van der Waals surface area contributed by atoms with E-state index in [2.05, 4.69) is 35.4 Å². The summed E-state index contributed by atoms with van der Waals surface area (Å²) in [5.41, 5.74) is 1.84. The van der Waals surface area contributed by atoms with Crippen molar-refractivity contribution in [2.75, 3.05) is 13.1 Å². The molecule has 0 unspecified atom stereocenters. The number of H-pyrrole nitrogens is 1. The van der Waals surface area contributed by atoms with Crippen LogP contribution in [0.2, 0.25) is 0 Å². The lowest BCUT2D eigenvalue weighted by atomic mass is 10.0. The maximum absolute atomic E-state index is 12.4. The number of hydrogen-bond donors (Lipinski definition) is 1. The fourth-order valence-corrected chi connectivity index (χ4v) is 4.42. The van der Waals surface area contributed by atoms with Gasteiger partial charge in [0.15, 0.2) is 10.1 Å². The molecule has 6 nitrogen and oxygen atoms in total. The van der Waals surface area contributed by atoms with Crippen LogP contribution in [0.1, 0.15) is 24.6 Å². The lowest BCUT2D eigenvalue weighted by molar-refractivity contribution is 0.170. The summed E-state index contributed by atoms with van der Waals surface area (Å²) in [5.74, 6) is 0.981. The number of nitrogens with one attached hydrogen (secondary N) is 1. The van der Waals surface area contributed by atoms with Crippen molar-refractivity contribution in [3.8, 4) is 0 Å². The van der Waals surface area contributed by atoms with Gasteiger partial charge in [0.2, 0.25) is 0 Å². The molecule has 0 spiro atoms. The zero-order valence-electron chi connectivity index (χ0n) is 14.7. The highest BCUT2D eigenvalue weighted by Gasteiger charge is 2.23. The van der Waals surface area contributed by atoms with Crippen molar-refractivity contribution in [2.24, 2.45) is 0 Å². The molecule has 138 valence electrons. The van der Waals surface area contributed by atoms with Crippen LogP contribution < -0.4 is 5.43 Å². The van der Waals surface area contributed by atoms with Crippen LogP contribution in [0.4, 0.5) is 0 Å². The molecule has 0 aliphatic carbocycles. The van der Waals surface area contributed by atoms with Gasteiger partial charge in [-0.2, -0.15) is 0 Å². The number of pyridine rings is 2. The third-order valence-electron chi connectivity index (χ3n) is 5.43. The first-order chi connectivity index (χ1) is 13.2. The number of nitrogens with zero attached hydrogens (tertiary/aromatic N) is 3. The standard InChI is InChI=1S/C20H19BrN4O2/c21-18-2-1-14(27-18)12-24-8-4-13(5-9-24)25-10-6-17(26)16-11-23-20-15(19(16)25)3-7-22-20/h1-3,6-7,10-11,13H,4-5,8-9,12H2,(H,22,23). The molecule has 0 saturated carbocycles. The average molecular weight is 427 g/mol. The number of halogens is 1. The molecule has 4 aromatic heterocycles. The topological polar surface area (TPSA) is 67.1 Å². The van der Waals surface area contributed by atoms with E-state index < -0.39 is 0 Å². The Hall–Kier alpha value is -2.38. The van der Waals surface area contributed by atoms with Crippen molar-refractivity contribution in [2.45, 2.75) is 25.4 Å². The Labute approximate surface area is 163 Å². The highest BCUT2D eigenvalue weighted by atomic mass is 79.9. The van der Waals surface area contributed by atoms with Gasteiger partial charge in [-0.05, 0) is 47.0 Å². The normalized spacial score (nSPS) is 16.5. The molecule has 7 heteroatoms. The van der Waals surface area contributed by atoms with Gasteiger partial charge >= 0.3 is 0 Å². The minimum Gasteiger partial charge on any atom is -0.453 e. The smallest absolute Gasteiger partial charge is 0.190 e. The van der Waals surface area contributed by atoms with E-state index in [4.69, 9.17) is 4.42 Å². The molecule has 0 radical (unpaired) electrons. The molecule has 0 bridgehead atoms. The molecule has 27 heavy (non-hydrogen) atoms. The first kappa shape index (κ1) is 16.8. The van der Waals surface area contributed by atoms with Crippen LogP contribution in [0.5, 0.6) is 0 Å². The Kier molecular flexibility index (Phi) is 4.13. The lowest BCUT2D eigenvalue weighted by Crippen LogP contribution is -2.34. The van der Waals surface area contributed by atoms with Gasteiger partial charge in [0.25, 0.3) is 0 Å². The molecular weight excluding hydrogens is 408 g/mol. The van der Waals surface area contributed by atoms with Crippen LogP contribution in [0.25, 0.3) is 21.9 Å². The van der Waals surface area contributed by atoms with E-state index in [0.717, 1.165) is 59.5 Å². The summed E-state index contributed by atoms with van der Waals surface area (Å²) in [6, 6.07) is 7.99. The molecule has 1 saturated heterocycles. The van der Waals surface area contributed by atoms with E-state index in [1.54, 1.807) is 12.3 Å².